The second-order valence-corrected chi connectivity index (χ2v) is 5.58. The lowest BCUT2D eigenvalue weighted by atomic mass is 9.95. The summed E-state index contributed by atoms with van der Waals surface area (Å²) in [5, 5.41) is 0.375. The Kier molecular flexibility index (Phi) is 3.40. The number of aryl methyl sites for hydroxylation is 1. The maximum absolute atomic E-state index is 6.26. The zero-order valence-corrected chi connectivity index (χ0v) is 9.94. The number of halogens is 1. The summed E-state index contributed by atoms with van der Waals surface area (Å²) in [6, 6.07) is 8.62. The van der Waals surface area contributed by atoms with Crippen LogP contribution in [0.4, 0.5) is 0 Å². The first-order chi connectivity index (χ1) is 6.77. The minimum Gasteiger partial charge on any atom is -0.160 e. The average Bonchev–Trinajstić information content (AvgIpc) is 2.56. The van der Waals surface area contributed by atoms with E-state index in [0.29, 0.717) is 11.3 Å². The van der Waals surface area contributed by atoms with Crippen molar-refractivity contribution in [2.24, 2.45) is 5.92 Å². The van der Waals surface area contributed by atoms with Crippen LogP contribution in [-0.4, -0.2) is 16.9 Å². The van der Waals surface area contributed by atoms with Crippen LogP contribution < -0.4 is 0 Å². The molecule has 0 aromatic heterocycles. The number of alkyl halides is 1. The van der Waals surface area contributed by atoms with Gasteiger partial charge in [0.2, 0.25) is 0 Å². The second-order valence-electron chi connectivity index (χ2n) is 3.94. The van der Waals surface area contributed by atoms with E-state index in [0.717, 1.165) is 12.2 Å². The standard InChI is InChI=1S/C12H15ClS/c1-9-4-2-3-5-10(9)6-11-7-14-8-12(11)13/h2-5,11-12H,6-8H2,1H3. The lowest BCUT2D eigenvalue weighted by molar-refractivity contribution is 0.601. The largest absolute Gasteiger partial charge is 0.160 e. The van der Waals surface area contributed by atoms with Crippen LogP contribution in [0.1, 0.15) is 11.1 Å². The number of benzene rings is 1. The van der Waals surface area contributed by atoms with Crippen LogP contribution in [0.25, 0.3) is 0 Å². The van der Waals surface area contributed by atoms with Gasteiger partial charge in [-0.1, -0.05) is 24.3 Å². The summed E-state index contributed by atoms with van der Waals surface area (Å²) in [4.78, 5) is 0. The molecule has 1 fully saturated rings. The molecular weight excluding hydrogens is 212 g/mol. The van der Waals surface area contributed by atoms with Crippen molar-refractivity contribution in [3.63, 3.8) is 0 Å². The lowest BCUT2D eigenvalue weighted by Crippen LogP contribution is -2.15. The van der Waals surface area contributed by atoms with Crippen LogP contribution in [0.15, 0.2) is 24.3 Å². The van der Waals surface area contributed by atoms with Crippen molar-refractivity contribution in [1.29, 1.82) is 0 Å². The number of thioether (sulfide) groups is 1. The van der Waals surface area contributed by atoms with E-state index < -0.39 is 0 Å². The molecule has 14 heavy (non-hydrogen) atoms. The highest BCUT2D eigenvalue weighted by atomic mass is 35.5. The molecule has 2 atom stereocenters. The van der Waals surface area contributed by atoms with Gasteiger partial charge in [-0.05, 0) is 36.1 Å². The summed E-state index contributed by atoms with van der Waals surface area (Å²) in [5.74, 6) is 3.02. The first kappa shape index (κ1) is 10.4. The summed E-state index contributed by atoms with van der Waals surface area (Å²) in [6.45, 7) is 2.18. The van der Waals surface area contributed by atoms with Crippen LogP contribution in [-0.2, 0) is 6.42 Å². The maximum Gasteiger partial charge on any atom is 0.0465 e. The quantitative estimate of drug-likeness (QED) is 0.696. The fourth-order valence-electron chi connectivity index (χ4n) is 1.88. The molecule has 0 N–H and O–H groups in total. The molecule has 1 aliphatic rings. The van der Waals surface area contributed by atoms with Gasteiger partial charge >= 0.3 is 0 Å². The molecule has 0 amide bonds. The van der Waals surface area contributed by atoms with Crippen LogP contribution in [0.5, 0.6) is 0 Å². The Hall–Kier alpha value is -0.140. The van der Waals surface area contributed by atoms with E-state index in [1.165, 1.54) is 16.9 Å². The molecule has 2 unspecified atom stereocenters. The Morgan fingerprint density at radius 3 is 2.79 bits per heavy atom. The van der Waals surface area contributed by atoms with Crippen molar-refractivity contribution >= 4 is 23.4 Å². The van der Waals surface area contributed by atoms with Crippen molar-refractivity contribution in [3.05, 3.63) is 35.4 Å². The number of rotatable bonds is 2. The van der Waals surface area contributed by atoms with E-state index in [1.807, 2.05) is 11.8 Å². The number of hydrogen-bond acceptors (Lipinski definition) is 1. The topological polar surface area (TPSA) is 0 Å². The van der Waals surface area contributed by atoms with Gasteiger partial charge in [0.05, 0.1) is 0 Å². The smallest absolute Gasteiger partial charge is 0.0465 e. The van der Waals surface area contributed by atoms with E-state index in [4.69, 9.17) is 11.6 Å². The lowest BCUT2D eigenvalue weighted by Gasteiger charge is -2.14. The highest BCUT2D eigenvalue weighted by Gasteiger charge is 2.26. The third kappa shape index (κ3) is 2.26. The molecule has 2 heteroatoms. The summed E-state index contributed by atoms with van der Waals surface area (Å²) in [6.07, 6.45) is 1.15. The van der Waals surface area contributed by atoms with Crippen LogP contribution in [0.2, 0.25) is 0 Å². The molecule has 0 spiro atoms. The molecule has 1 aromatic carbocycles. The molecule has 1 aromatic rings. The monoisotopic (exact) mass is 226 g/mol. The third-order valence-corrected chi connectivity index (χ3v) is 4.82. The minimum atomic E-state index is 0.375. The molecule has 1 aliphatic heterocycles. The highest BCUT2D eigenvalue weighted by molar-refractivity contribution is 7.99. The zero-order valence-electron chi connectivity index (χ0n) is 8.37. The third-order valence-electron chi connectivity index (χ3n) is 2.86. The molecule has 0 bridgehead atoms. The first-order valence-corrected chi connectivity index (χ1v) is 6.63. The van der Waals surface area contributed by atoms with Gasteiger partial charge in [-0.3, -0.25) is 0 Å². The SMILES string of the molecule is Cc1ccccc1CC1CSCC1Cl. The van der Waals surface area contributed by atoms with Gasteiger partial charge in [-0.15, -0.1) is 11.6 Å². The fourth-order valence-corrected chi connectivity index (χ4v) is 3.72. The molecule has 2 rings (SSSR count). The predicted octanol–water partition coefficient (Wildman–Crippen LogP) is 3.51. The molecule has 0 radical (unpaired) electrons. The van der Waals surface area contributed by atoms with Crippen LogP contribution in [0.3, 0.4) is 0 Å². The summed E-state index contributed by atoms with van der Waals surface area (Å²) < 4.78 is 0. The van der Waals surface area contributed by atoms with Crippen molar-refractivity contribution in [2.75, 3.05) is 11.5 Å². The summed E-state index contributed by atoms with van der Waals surface area (Å²) >= 11 is 8.24. The normalized spacial score (nSPS) is 26.7. The molecule has 76 valence electrons. The average molecular weight is 227 g/mol. The molecule has 0 nitrogen and oxygen atoms in total. The van der Waals surface area contributed by atoms with Crippen molar-refractivity contribution in [2.45, 2.75) is 18.7 Å². The van der Waals surface area contributed by atoms with Crippen molar-refractivity contribution in [3.8, 4) is 0 Å². The zero-order chi connectivity index (χ0) is 9.97. The Bertz CT molecular complexity index is 311. The summed E-state index contributed by atoms with van der Waals surface area (Å²) in [5.41, 5.74) is 2.86. The predicted molar refractivity (Wildman–Crippen MR) is 65.3 cm³/mol. The Labute approximate surface area is 95.0 Å². The van der Waals surface area contributed by atoms with Gasteiger partial charge in [0.15, 0.2) is 0 Å². The first-order valence-electron chi connectivity index (χ1n) is 5.03. The van der Waals surface area contributed by atoms with Gasteiger partial charge in [0, 0.05) is 11.1 Å². The van der Waals surface area contributed by atoms with Gasteiger partial charge in [0.1, 0.15) is 0 Å². The highest BCUT2D eigenvalue weighted by Crippen LogP contribution is 2.31. The molecule has 1 heterocycles. The van der Waals surface area contributed by atoms with E-state index in [-0.39, 0.29) is 0 Å². The number of hydrogen-bond donors (Lipinski definition) is 0. The van der Waals surface area contributed by atoms with Crippen LogP contribution >= 0.6 is 23.4 Å². The van der Waals surface area contributed by atoms with Gasteiger partial charge in [-0.25, -0.2) is 0 Å². The van der Waals surface area contributed by atoms with Gasteiger partial charge in [0.25, 0.3) is 0 Å². The Balaban J connectivity index is 2.07. The van der Waals surface area contributed by atoms with Gasteiger partial charge in [-0.2, -0.15) is 11.8 Å². The molecule has 0 aliphatic carbocycles. The van der Waals surface area contributed by atoms with E-state index >= 15 is 0 Å². The minimum absolute atomic E-state index is 0.375. The van der Waals surface area contributed by atoms with E-state index in [9.17, 15) is 0 Å². The molecule has 1 saturated heterocycles. The fraction of sp³-hybridized carbons (Fsp3) is 0.500. The molecule has 0 saturated carbocycles. The van der Waals surface area contributed by atoms with Crippen molar-refractivity contribution in [1.82, 2.24) is 0 Å². The molecular formula is C12H15ClS. The summed E-state index contributed by atoms with van der Waals surface area (Å²) in [7, 11) is 0. The maximum atomic E-state index is 6.26. The van der Waals surface area contributed by atoms with E-state index in [2.05, 4.69) is 31.2 Å². The van der Waals surface area contributed by atoms with Gasteiger partial charge < -0.3 is 0 Å². The Morgan fingerprint density at radius 1 is 1.36 bits per heavy atom. The van der Waals surface area contributed by atoms with Crippen LogP contribution in [0, 0.1) is 12.8 Å². The van der Waals surface area contributed by atoms with E-state index in [1.54, 1.807) is 0 Å². The second kappa shape index (κ2) is 4.59. The van der Waals surface area contributed by atoms with Crippen molar-refractivity contribution < 1.29 is 0 Å². The Morgan fingerprint density at radius 2 is 2.14 bits per heavy atom.